The molecule has 2 fully saturated rings. The van der Waals surface area contributed by atoms with E-state index in [2.05, 4.69) is 32.6 Å². The number of carbonyl (C=O) groups is 3. The third-order valence-corrected chi connectivity index (χ3v) is 13.3. The minimum absolute atomic E-state index is 0.0205. The normalized spacial score (nSPS) is 19.0. The Kier molecular flexibility index (Phi) is 15.2. The molecule has 0 radical (unpaired) electrons. The van der Waals surface area contributed by atoms with Crippen molar-refractivity contribution < 1.29 is 28.6 Å². The van der Waals surface area contributed by atoms with E-state index in [1.165, 1.54) is 106 Å². The fraction of sp³-hybridized carbons (Fsp3) is 0.392. The van der Waals surface area contributed by atoms with Gasteiger partial charge in [0.1, 0.15) is 18.1 Å². The van der Waals surface area contributed by atoms with Crippen LogP contribution in [0.4, 0.5) is 5.13 Å². The summed E-state index contributed by atoms with van der Waals surface area (Å²) >= 11 is 1.44. The molecule has 7 rings (SSSR count). The lowest BCUT2D eigenvalue weighted by Gasteiger charge is -2.28. The topological polar surface area (TPSA) is 107 Å². The van der Waals surface area contributed by atoms with Gasteiger partial charge in [-0.15, -0.1) is 0 Å². The average molecular weight is 840 g/mol. The minimum atomic E-state index is -0.548. The highest BCUT2D eigenvalue weighted by Gasteiger charge is 2.24. The number of carbonyl (C=O) groups excluding carboxylic acids is 3. The molecule has 0 bridgehead atoms. The third-order valence-electron chi connectivity index (χ3n) is 12.3. The number of fused-ring (bicyclic) bond motifs is 1. The number of aromatic nitrogens is 1. The smallest absolute Gasteiger partial charge is 0.343 e. The van der Waals surface area contributed by atoms with Crippen molar-refractivity contribution in [3.63, 3.8) is 0 Å². The molecule has 0 spiro atoms. The van der Waals surface area contributed by atoms with Gasteiger partial charge in [-0.2, -0.15) is 5.10 Å². The first-order valence-electron chi connectivity index (χ1n) is 22.0. The lowest BCUT2D eigenvalue weighted by atomic mass is 9.77. The van der Waals surface area contributed by atoms with Gasteiger partial charge in [-0.05, 0) is 141 Å². The molecular formula is C51H57N3O6S. The van der Waals surface area contributed by atoms with Gasteiger partial charge in [0.15, 0.2) is 0 Å². The molecule has 2 saturated carbocycles. The number of hydrogen-bond acceptors (Lipinski definition) is 10. The Morgan fingerprint density at radius 1 is 0.754 bits per heavy atom. The van der Waals surface area contributed by atoms with E-state index in [4.69, 9.17) is 24.3 Å². The van der Waals surface area contributed by atoms with Crippen LogP contribution >= 0.6 is 11.3 Å². The molecule has 61 heavy (non-hydrogen) atoms. The van der Waals surface area contributed by atoms with E-state index in [1.807, 2.05) is 60.7 Å². The van der Waals surface area contributed by atoms with Crippen LogP contribution < -0.4 is 14.5 Å². The molecule has 2 aliphatic rings. The maximum Gasteiger partial charge on any atom is 0.343 e. The first-order valence-corrected chi connectivity index (χ1v) is 22.9. The summed E-state index contributed by atoms with van der Waals surface area (Å²) in [4.78, 5) is 43.8. The number of hydrogen-bond donors (Lipinski definition) is 0. The number of thiazole rings is 1. The highest BCUT2D eigenvalue weighted by Crippen LogP contribution is 2.39. The number of nitrogens with zero attached hydrogens (tertiary/aromatic N) is 3. The second kappa shape index (κ2) is 21.3. The Balaban J connectivity index is 1.11. The van der Waals surface area contributed by atoms with Gasteiger partial charge in [0.2, 0.25) is 5.13 Å². The Morgan fingerprint density at radius 2 is 1.33 bits per heavy atom. The van der Waals surface area contributed by atoms with E-state index < -0.39 is 17.9 Å². The summed E-state index contributed by atoms with van der Waals surface area (Å²) < 4.78 is 18.2. The Hall–Kier alpha value is -5.61. The summed E-state index contributed by atoms with van der Waals surface area (Å²) in [6, 6.07) is 28.1. The van der Waals surface area contributed by atoms with Crippen molar-refractivity contribution >= 4 is 50.8 Å². The first kappa shape index (κ1) is 43.5. The zero-order valence-corrected chi connectivity index (χ0v) is 36.2. The van der Waals surface area contributed by atoms with Gasteiger partial charge >= 0.3 is 17.9 Å². The molecule has 5 aromatic rings. The van der Waals surface area contributed by atoms with Crippen molar-refractivity contribution in [2.75, 3.05) is 18.2 Å². The molecular weight excluding hydrogens is 783 g/mol. The van der Waals surface area contributed by atoms with Crippen molar-refractivity contribution in [3.05, 3.63) is 131 Å². The van der Waals surface area contributed by atoms with Crippen molar-refractivity contribution in [1.82, 2.24) is 4.98 Å². The standard InChI is InChI=1S/C51H57N3O6S/c1-4-9-35-13-17-37(18-14-35)39-21-25-41(26-22-39)49(56)59-44-29-30-46(60-50(57)42-27-23-40(24-28-42)38-19-15-36(10-5-2)16-20-38)43(33-44)34-52-54(31-32-58-48(55)6-3)51-53-45-11-7-8-12-47(45)61-51/h6-8,11-12,21-30,33-38H,3-5,9-10,13-20,31-32H2,1-2H3/b52-34+. The second-order valence-electron chi connectivity index (χ2n) is 16.4. The number of ether oxygens (including phenoxy) is 3. The number of hydrazone groups is 1. The monoisotopic (exact) mass is 839 g/mol. The Labute approximate surface area is 363 Å². The van der Waals surface area contributed by atoms with Crippen molar-refractivity contribution in [2.45, 2.75) is 103 Å². The van der Waals surface area contributed by atoms with E-state index >= 15 is 0 Å². The molecule has 0 unspecified atom stereocenters. The van der Waals surface area contributed by atoms with Gasteiger partial charge in [0.05, 0.1) is 34.1 Å². The van der Waals surface area contributed by atoms with Crippen LogP contribution in [0.2, 0.25) is 0 Å². The van der Waals surface area contributed by atoms with Crippen molar-refractivity contribution in [2.24, 2.45) is 16.9 Å². The van der Waals surface area contributed by atoms with Crippen LogP contribution in [0.1, 0.15) is 140 Å². The summed E-state index contributed by atoms with van der Waals surface area (Å²) in [5.41, 5.74) is 4.59. The number of anilines is 1. The second-order valence-corrected chi connectivity index (χ2v) is 17.4. The van der Waals surface area contributed by atoms with E-state index in [-0.39, 0.29) is 24.7 Å². The summed E-state index contributed by atoms with van der Waals surface area (Å²) in [7, 11) is 0. The summed E-state index contributed by atoms with van der Waals surface area (Å²) in [6.07, 6.45) is 17.4. The van der Waals surface area contributed by atoms with Crippen LogP contribution in [0.15, 0.2) is 109 Å². The van der Waals surface area contributed by atoms with E-state index in [1.54, 1.807) is 23.2 Å². The van der Waals surface area contributed by atoms with Crippen molar-refractivity contribution in [3.8, 4) is 11.5 Å². The predicted molar refractivity (Wildman–Crippen MR) is 244 cm³/mol. The molecule has 1 aromatic heterocycles. The fourth-order valence-electron chi connectivity index (χ4n) is 8.87. The third kappa shape index (κ3) is 11.6. The van der Waals surface area contributed by atoms with Crippen LogP contribution in [0.5, 0.6) is 11.5 Å². The van der Waals surface area contributed by atoms with Crippen LogP contribution in [-0.4, -0.2) is 42.3 Å². The molecule has 10 heteroatoms. The summed E-state index contributed by atoms with van der Waals surface area (Å²) in [6.45, 7) is 8.20. The molecule has 9 nitrogen and oxygen atoms in total. The van der Waals surface area contributed by atoms with Crippen LogP contribution in [0.25, 0.3) is 10.2 Å². The van der Waals surface area contributed by atoms with Crippen LogP contribution in [0.3, 0.4) is 0 Å². The molecule has 0 amide bonds. The zero-order chi connectivity index (χ0) is 42.6. The number of para-hydroxylation sites is 1. The number of benzene rings is 4. The highest BCUT2D eigenvalue weighted by atomic mass is 32.1. The van der Waals surface area contributed by atoms with E-state index in [0.717, 1.165) is 28.1 Å². The maximum atomic E-state index is 13.7. The lowest BCUT2D eigenvalue weighted by Crippen LogP contribution is -2.23. The van der Waals surface area contributed by atoms with Crippen LogP contribution in [0, 0.1) is 11.8 Å². The molecule has 0 aliphatic heterocycles. The fourth-order valence-corrected chi connectivity index (χ4v) is 9.82. The number of esters is 3. The molecule has 1 heterocycles. The Bertz CT molecular complexity index is 2250. The average Bonchev–Trinajstić information content (AvgIpc) is 3.73. The molecule has 0 N–H and O–H groups in total. The first-order chi connectivity index (χ1) is 29.8. The van der Waals surface area contributed by atoms with Gasteiger partial charge in [-0.1, -0.05) is 93.8 Å². The SMILES string of the molecule is C=CC(=O)OCCN(/N=C/c1cc(OC(=O)c2ccc(C3CCC(CCC)CC3)cc2)ccc1OC(=O)c1ccc(C2CCC(CCC)CC2)cc1)c1nc2ccccc2s1. The molecule has 0 atom stereocenters. The number of rotatable bonds is 17. The summed E-state index contributed by atoms with van der Waals surface area (Å²) in [5.74, 6) is 1.59. The quantitative estimate of drug-likeness (QED) is 0.0299. The van der Waals surface area contributed by atoms with Gasteiger partial charge in [0, 0.05) is 11.6 Å². The highest BCUT2D eigenvalue weighted by molar-refractivity contribution is 7.22. The maximum absolute atomic E-state index is 13.7. The molecule has 0 saturated heterocycles. The van der Waals surface area contributed by atoms with E-state index in [9.17, 15) is 14.4 Å². The predicted octanol–water partition coefficient (Wildman–Crippen LogP) is 12.5. The molecule has 4 aromatic carbocycles. The van der Waals surface area contributed by atoms with Gasteiger partial charge in [-0.25, -0.2) is 24.4 Å². The zero-order valence-electron chi connectivity index (χ0n) is 35.4. The van der Waals surface area contributed by atoms with Gasteiger partial charge in [-0.3, -0.25) is 0 Å². The van der Waals surface area contributed by atoms with Crippen LogP contribution in [-0.2, 0) is 9.53 Å². The lowest BCUT2D eigenvalue weighted by molar-refractivity contribution is -0.137. The summed E-state index contributed by atoms with van der Waals surface area (Å²) in [5, 5.41) is 6.95. The van der Waals surface area contributed by atoms with Crippen molar-refractivity contribution in [1.29, 1.82) is 0 Å². The van der Waals surface area contributed by atoms with E-state index in [0.29, 0.717) is 33.7 Å². The van der Waals surface area contributed by atoms with Gasteiger partial charge < -0.3 is 14.2 Å². The molecule has 2 aliphatic carbocycles. The molecule has 318 valence electrons. The largest absolute Gasteiger partial charge is 0.461 e. The minimum Gasteiger partial charge on any atom is -0.461 e. The Morgan fingerprint density at radius 3 is 1.89 bits per heavy atom. The van der Waals surface area contributed by atoms with Gasteiger partial charge in [0.25, 0.3) is 0 Å².